The molecule has 2 saturated carbocycles. The average molecular weight is 1410 g/mol. The maximum Gasteiger partial charge on any atom is 0.295 e. The van der Waals surface area contributed by atoms with E-state index in [4.69, 9.17) is 0 Å². The van der Waals surface area contributed by atoms with E-state index in [1.807, 2.05) is 0 Å². The molecule has 8 aromatic heterocycles. The first-order valence-electron chi connectivity index (χ1n) is 40.6. The van der Waals surface area contributed by atoms with E-state index >= 15 is 0 Å². The second-order valence-electron chi connectivity index (χ2n) is 34.4. The lowest BCUT2D eigenvalue weighted by Crippen LogP contribution is -2.28. The van der Waals surface area contributed by atoms with E-state index < -0.39 is 0 Å². The maximum atomic E-state index is 2.64. The Bertz CT molecular complexity index is 6700. The van der Waals surface area contributed by atoms with E-state index in [0.29, 0.717) is 23.7 Å². The third-order valence-corrected chi connectivity index (χ3v) is 25.6. The number of pyridine rings is 4. The Morgan fingerprint density at radius 3 is 1.18 bits per heavy atom. The van der Waals surface area contributed by atoms with Crippen molar-refractivity contribution in [3.05, 3.63) is 287 Å². The van der Waals surface area contributed by atoms with Gasteiger partial charge in [-0.3, -0.25) is 0 Å². The molecule has 0 bridgehead atoms. The molecular formula is C100H96N8+4. The number of para-hydroxylation sites is 3. The zero-order valence-corrected chi connectivity index (χ0v) is 63.7. The summed E-state index contributed by atoms with van der Waals surface area (Å²) in [6, 6.07) is 75.0. The van der Waals surface area contributed by atoms with Gasteiger partial charge in [-0.2, -0.15) is 17.6 Å². The van der Waals surface area contributed by atoms with Crippen molar-refractivity contribution < 1.29 is 18.3 Å². The van der Waals surface area contributed by atoms with Crippen LogP contribution in [0.4, 0.5) is 0 Å². The topological polar surface area (TPSA) is 33.2 Å². The summed E-state index contributed by atoms with van der Waals surface area (Å²) in [6.45, 7) is 20.1. The standard InChI is InChI=1S/C34H35N2.C30H31N2.C20H19N2.C16H11N2/c1-3-11-23(12-4-1)26-17-10-18-27(24-13-5-2-6-14-24)33(26)31-22-35-21-25-15-9-19-29-28-16-7-8-20-30(28)36(31)34(35)32(25)29;1-19(2)15-21-9-7-10-22(16-20(3)4)28(21)27-18-31-17-23-11-8-13-25-24-12-5-6-14-26(24)32(27)30(31)29(23)25;1-20(2,3)14-7-8-17-16(11-14)15-6-4-5-13-12-21-9-10-22(17)19(21)18(13)15;1-2-7-14-12(5-1)13-6-3-4-11-10-17-8-9-18(14)16(17)15(11)13/h7-10,15-20,22-24H,1-6,11-14,21H2;5-14,18-20H,15-17H2,1-4H3;4-11H,12H2,1-3H3;1-9H,10H2/q4*+1. The zero-order chi connectivity index (χ0) is 72.4. The van der Waals surface area contributed by atoms with E-state index in [1.165, 1.54) is 229 Å². The van der Waals surface area contributed by atoms with Crippen molar-refractivity contribution in [1.82, 2.24) is 17.6 Å². The van der Waals surface area contributed by atoms with Gasteiger partial charge in [-0.25, -0.2) is 18.3 Å². The van der Waals surface area contributed by atoms with Crippen LogP contribution in [0, 0.1) is 11.8 Å². The van der Waals surface area contributed by atoms with Gasteiger partial charge in [-0.15, -0.1) is 0 Å². The Labute approximate surface area is 632 Å². The molecule has 24 rings (SSSR count). The van der Waals surface area contributed by atoms with E-state index in [2.05, 4.69) is 322 Å². The minimum atomic E-state index is 0.170. The van der Waals surface area contributed by atoms with Crippen molar-refractivity contribution in [2.45, 2.75) is 169 Å². The molecule has 2 aliphatic carbocycles. The summed E-state index contributed by atoms with van der Waals surface area (Å²) in [7, 11) is 0. The van der Waals surface area contributed by atoms with E-state index in [0.717, 1.165) is 39.0 Å². The molecule has 0 radical (unpaired) electrons. The quantitative estimate of drug-likeness (QED) is 0.107. The van der Waals surface area contributed by atoms with Crippen molar-refractivity contribution in [2.75, 3.05) is 0 Å². The fourth-order valence-corrected chi connectivity index (χ4v) is 21.0. The zero-order valence-electron chi connectivity index (χ0n) is 63.7. The smallest absolute Gasteiger partial charge is 0.225 e. The van der Waals surface area contributed by atoms with Gasteiger partial charge in [-0.05, 0) is 126 Å². The number of fused-ring (bicyclic) bond motifs is 12. The number of benzene rings is 10. The van der Waals surface area contributed by atoms with Crippen LogP contribution in [0.5, 0.6) is 0 Å². The number of nitrogens with zero attached hydrogens (tertiary/aromatic N) is 8. The Kier molecular flexibility index (Phi) is 15.3. The van der Waals surface area contributed by atoms with Gasteiger partial charge in [0.15, 0.2) is 11.4 Å². The summed E-state index contributed by atoms with van der Waals surface area (Å²) < 4.78 is 19.6. The molecule has 12 heterocycles. The Hall–Kier alpha value is -11.0. The highest BCUT2D eigenvalue weighted by atomic mass is 15.2. The van der Waals surface area contributed by atoms with Gasteiger partial charge in [0.05, 0.1) is 21.5 Å². The Balaban J connectivity index is 0.0000000949. The molecule has 0 spiro atoms. The van der Waals surface area contributed by atoms with E-state index in [1.54, 1.807) is 16.7 Å². The largest absolute Gasteiger partial charge is 0.295 e. The fraction of sp³-hybridized carbons (Fsp3) is 0.280. The minimum Gasteiger partial charge on any atom is -0.225 e. The van der Waals surface area contributed by atoms with Crippen molar-refractivity contribution in [3.8, 4) is 22.5 Å². The lowest BCUT2D eigenvalue weighted by Gasteiger charge is -2.29. The van der Waals surface area contributed by atoms with Crippen LogP contribution >= 0.6 is 0 Å². The molecule has 0 atom stereocenters. The van der Waals surface area contributed by atoms with Crippen LogP contribution in [0.15, 0.2) is 237 Å². The van der Waals surface area contributed by atoms with Crippen LogP contribution in [0.3, 0.4) is 0 Å². The van der Waals surface area contributed by atoms with Crippen LogP contribution in [0.1, 0.15) is 175 Å². The number of hydrogen-bond acceptors (Lipinski definition) is 0. The van der Waals surface area contributed by atoms with Gasteiger partial charge in [0.25, 0.3) is 22.6 Å². The predicted octanol–water partition coefficient (Wildman–Crippen LogP) is 22.7. The van der Waals surface area contributed by atoms with Gasteiger partial charge in [0.1, 0.15) is 85.4 Å². The van der Waals surface area contributed by atoms with Crippen LogP contribution in [-0.4, -0.2) is 17.6 Å². The summed E-state index contributed by atoms with van der Waals surface area (Å²) in [4.78, 5) is 0. The van der Waals surface area contributed by atoms with Crippen LogP contribution in [0.2, 0.25) is 0 Å². The number of imidazole rings is 4. The monoisotopic (exact) mass is 1410 g/mol. The third kappa shape index (κ3) is 10.2. The second kappa shape index (κ2) is 25.3. The Morgan fingerprint density at radius 1 is 0.352 bits per heavy atom. The number of hydrogen-bond donors (Lipinski definition) is 0. The van der Waals surface area contributed by atoms with Crippen LogP contribution in [0.25, 0.3) is 132 Å². The van der Waals surface area contributed by atoms with Crippen molar-refractivity contribution in [3.63, 3.8) is 0 Å². The second-order valence-corrected chi connectivity index (χ2v) is 34.4. The third-order valence-electron chi connectivity index (χ3n) is 25.6. The molecule has 0 amide bonds. The van der Waals surface area contributed by atoms with Crippen LogP contribution < -0.4 is 18.3 Å². The highest BCUT2D eigenvalue weighted by Gasteiger charge is 2.38. The first-order chi connectivity index (χ1) is 52.9. The normalized spacial score (nSPS) is 15.2. The summed E-state index contributed by atoms with van der Waals surface area (Å²) in [5.74, 6) is 2.64. The lowest BCUT2D eigenvalue weighted by molar-refractivity contribution is -0.657. The fourth-order valence-electron chi connectivity index (χ4n) is 21.0. The predicted molar refractivity (Wildman–Crippen MR) is 445 cm³/mol. The summed E-state index contributed by atoms with van der Waals surface area (Å²) in [5.41, 5.74) is 30.0. The summed E-state index contributed by atoms with van der Waals surface area (Å²) in [6.07, 6.45) is 29.6. The molecular weight excluding hydrogens is 1310 g/mol. The molecule has 6 aliphatic rings. The highest BCUT2D eigenvalue weighted by Crippen LogP contribution is 2.48. The summed E-state index contributed by atoms with van der Waals surface area (Å²) >= 11 is 0. The molecule has 4 aliphatic heterocycles. The SMILES string of the molecule is CC(C)(C)c1ccc2c(c1)c1cccc3c1c1n2cc[n+]1C3.CC(C)Cc1cccc(CC(C)C)c1-c1c[n+]2c3c4c(cccc4c4ccccc4n13)C2.c1cc(C2CCCCC2)c(-c2c[n+]3c4c5c(cccc5c5ccccc5n24)C3)c(C2CCCCC2)c1.c1cc2c3c(c1)c1ccccc1n1cc[n+](c31)C2. The lowest BCUT2D eigenvalue weighted by atomic mass is 9.76. The first-order valence-corrected chi connectivity index (χ1v) is 40.6. The van der Waals surface area contributed by atoms with E-state index in [-0.39, 0.29) is 5.41 Å². The molecule has 2 fully saturated rings. The van der Waals surface area contributed by atoms with Gasteiger partial charge >= 0.3 is 0 Å². The highest BCUT2D eigenvalue weighted by molar-refractivity contribution is 6.16. The molecule has 10 aromatic carbocycles. The summed E-state index contributed by atoms with van der Waals surface area (Å²) in [5, 5.41) is 16.7. The van der Waals surface area contributed by atoms with Crippen molar-refractivity contribution in [2.24, 2.45) is 11.8 Å². The van der Waals surface area contributed by atoms with Crippen molar-refractivity contribution >= 4 is 109 Å². The van der Waals surface area contributed by atoms with Crippen LogP contribution in [-0.2, 0) is 44.4 Å². The molecule has 0 unspecified atom stereocenters. The van der Waals surface area contributed by atoms with Crippen molar-refractivity contribution in [1.29, 1.82) is 0 Å². The molecule has 8 heteroatoms. The first kappa shape index (κ1) is 65.3. The Morgan fingerprint density at radius 2 is 0.722 bits per heavy atom. The molecule has 0 N–H and O–H groups in total. The maximum absolute atomic E-state index is 2.64. The molecule has 8 nitrogen and oxygen atoms in total. The average Bonchev–Trinajstić information content (AvgIpc) is 1.55. The minimum absolute atomic E-state index is 0.170. The number of rotatable bonds is 8. The van der Waals surface area contributed by atoms with E-state index in [9.17, 15) is 0 Å². The van der Waals surface area contributed by atoms with Gasteiger partial charge in [0, 0.05) is 76.5 Å². The molecule has 108 heavy (non-hydrogen) atoms. The number of aromatic nitrogens is 8. The van der Waals surface area contributed by atoms with Gasteiger partial charge in [0.2, 0.25) is 0 Å². The van der Waals surface area contributed by atoms with Gasteiger partial charge < -0.3 is 0 Å². The van der Waals surface area contributed by atoms with Gasteiger partial charge in [-0.1, -0.05) is 257 Å². The molecule has 18 aromatic rings. The molecule has 532 valence electrons. The molecule has 0 saturated heterocycles.